The van der Waals surface area contributed by atoms with Crippen LogP contribution in [0.1, 0.15) is 37.7 Å². The van der Waals surface area contributed by atoms with Gasteiger partial charge in [-0.15, -0.1) is 0 Å². The Labute approximate surface area is 138 Å². The van der Waals surface area contributed by atoms with Crippen molar-refractivity contribution >= 4 is 11.7 Å². The predicted octanol–water partition coefficient (Wildman–Crippen LogP) is 2.34. The molecule has 5 nitrogen and oxygen atoms in total. The lowest BCUT2D eigenvalue weighted by Crippen LogP contribution is -2.42. The molecule has 2 aliphatic rings. The van der Waals surface area contributed by atoms with Crippen LogP contribution in [0.5, 0.6) is 0 Å². The molecule has 1 heterocycles. The van der Waals surface area contributed by atoms with E-state index in [1.807, 2.05) is 6.07 Å². The van der Waals surface area contributed by atoms with Gasteiger partial charge in [-0.25, -0.2) is 4.79 Å². The smallest absolute Gasteiger partial charge is 0.317 e. The third kappa shape index (κ3) is 4.16. The van der Waals surface area contributed by atoms with Gasteiger partial charge in [0, 0.05) is 37.9 Å². The number of para-hydroxylation sites is 1. The maximum Gasteiger partial charge on any atom is 0.317 e. The predicted molar refractivity (Wildman–Crippen MR) is 91.6 cm³/mol. The van der Waals surface area contributed by atoms with E-state index in [9.17, 15) is 4.79 Å². The molecule has 0 aromatic heterocycles. The minimum Gasteiger partial charge on any atom is -0.395 e. The molecule has 1 aliphatic carbocycles. The fourth-order valence-electron chi connectivity index (χ4n) is 3.32. The number of aliphatic hydroxyl groups excluding tert-OH is 1. The van der Waals surface area contributed by atoms with Gasteiger partial charge in [-0.1, -0.05) is 18.2 Å². The molecule has 1 aromatic carbocycles. The van der Waals surface area contributed by atoms with Crippen LogP contribution in [0.4, 0.5) is 10.5 Å². The Bertz CT molecular complexity index is 525. The molecule has 3 rings (SSSR count). The van der Waals surface area contributed by atoms with Gasteiger partial charge in [-0.3, -0.25) is 0 Å². The fraction of sp³-hybridized carbons (Fsp3) is 0.611. The number of nitrogens with zero attached hydrogens (tertiary/aromatic N) is 2. The largest absolute Gasteiger partial charge is 0.395 e. The van der Waals surface area contributed by atoms with E-state index in [-0.39, 0.29) is 12.6 Å². The molecule has 0 radical (unpaired) electrons. The van der Waals surface area contributed by atoms with E-state index in [0.717, 1.165) is 25.9 Å². The van der Waals surface area contributed by atoms with Gasteiger partial charge >= 0.3 is 6.03 Å². The number of carbonyl (C=O) groups excluding carboxylic acids is 1. The van der Waals surface area contributed by atoms with E-state index in [2.05, 4.69) is 28.4 Å². The molecule has 0 unspecified atom stereocenters. The normalized spacial score (nSPS) is 17.9. The van der Waals surface area contributed by atoms with E-state index in [1.165, 1.54) is 30.5 Å². The van der Waals surface area contributed by atoms with Crippen molar-refractivity contribution in [3.8, 4) is 0 Å². The monoisotopic (exact) mass is 317 g/mol. The van der Waals surface area contributed by atoms with Crippen molar-refractivity contribution < 1.29 is 9.90 Å². The SMILES string of the molecule is O=C(NCc1ccccc1N1CCCCC1)N(CCO)C1CC1. The van der Waals surface area contributed by atoms with E-state index < -0.39 is 0 Å². The summed E-state index contributed by atoms with van der Waals surface area (Å²) in [5.41, 5.74) is 2.41. The number of carbonyl (C=O) groups is 1. The van der Waals surface area contributed by atoms with Gasteiger partial charge in [-0.2, -0.15) is 0 Å². The first-order valence-corrected chi connectivity index (χ1v) is 8.78. The number of amides is 2. The summed E-state index contributed by atoms with van der Waals surface area (Å²) >= 11 is 0. The van der Waals surface area contributed by atoms with E-state index in [1.54, 1.807) is 4.90 Å². The zero-order valence-corrected chi connectivity index (χ0v) is 13.7. The summed E-state index contributed by atoms with van der Waals surface area (Å²) < 4.78 is 0. The molecule has 126 valence electrons. The van der Waals surface area contributed by atoms with Gasteiger partial charge in [0.2, 0.25) is 0 Å². The van der Waals surface area contributed by atoms with E-state index in [4.69, 9.17) is 5.11 Å². The Morgan fingerprint density at radius 3 is 2.65 bits per heavy atom. The van der Waals surface area contributed by atoms with Gasteiger partial charge in [-0.05, 0) is 43.7 Å². The highest BCUT2D eigenvalue weighted by molar-refractivity contribution is 5.75. The lowest BCUT2D eigenvalue weighted by molar-refractivity contribution is 0.173. The summed E-state index contributed by atoms with van der Waals surface area (Å²) in [5, 5.41) is 12.2. The highest BCUT2D eigenvalue weighted by Gasteiger charge is 2.32. The molecule has 2 amide bonds. The van der Waals surface area contributed by atoms with Crippen LogP contribution in [0.2, 0.25) is 0 Å². The van der Waals surface area contributed by atoms with Crippen LogP contribution in [0.15, 0.2) is 24.3 Å². The number of urea groups is 1. The maximum atomic E-state index is 12.4. The Morgan fingerprint density at radius 2 is 1.96 bits per heavy atom. The van der Waals surface area contributed by atoms with Crippen LogP contribution in [0.3, 0.4) is 0 Å². The van der Waals surface area contributed by atoms with Crippen LogP contribution in [-0.2, 0) is 6.54 Å². The molecule has 2 N–H and O–H groups in total. The molecule has 1 aromatic rings. The molecular weight excluding hydrogens is 290 g/mol. The summed E-state index contributed by atoms with van der Waals surface area (Å²) in [4.78, 5) is 16.6. The van der Waals surface area contributed by atoms with Gasteiger partial charge < -0.3 is 20.2 Å². The Morgan fingerprint density at radius 1 is 1.22 bits per heavy atom. The Balaban J connectivity index is 1.62. The maximum absolute atomic E-state index is 12.4. The second-order valence-electron chi connectivity index (χ2n) is 6.48. The van der Waals surface area contributed by atoms with Crippen molar-refractivity contribution in [2.45, 2.75) is 44.7 Å². The molecule has 5 heteroatoms. The second-order valence-corrected chi connectivity index (χ2v) is 6.48. The van der Waals surface area contributed by atoms with Crippen molar-refractivity contribution in [3.63, 3.8) is 0 Å². The van der Waals surface area contributed by atoms with Gasteiger partial charge in [0.1, 0.15) is 0 Å². The molecule has 1 aliphatic heterocycles. The summed E-state index contributed by atoms with van der Waals surface area (Å²) in [5.74, 6) is 0. The molecular formula is C18H27N3O2. The topological polar surface area (TPSA) is 55.8 Å². The minimum atomic E-state index is -0.0602. The van der Waals surface area contributed by atoms with Crippen molar-refractivity contribution in [2.75, 3.05) is 31.1 Å². The van der Waals surface area contributed by atoms with Gasteiger partial charge in [0.15, 0.2) is 0 Å². The molecule has 1 saturated heterocycles. The average Bonchev–Trinajstić information content (AvgIpc) is 3.43. The van der Waals surface area contributed by atoms with Crippen LogP contribution in [0.25, 0.3) is 0 Å². The van der Waals surface area contributed by atoms with Gasteiger partial charge in [0.25, 0.3) is 0 Å². The molecule has 0 atom stereocenters. The number of hydrogen-bond acceptors (Lipinski definition) is 3. The molecule has 23 heavy (non-hydrogen) atoms. The Kier molecular flexibility index (Phi) is 5.39. The first-order valence-electron chi connectivity index (χ1n) is 8.78. The summed E-state index contributed by atoms with van der Waals surface area (Å²) in [6.45, 7) is 3.19. The zero-order valence-electron chi connectivity index (χ0n) is 13.7. The van der Waals surface area contributed by atoms with Crippen LogP contribution in [0, 0.1) is 0 Å². The number of nitrogens with one attached hydrogen (secondary N) is 1. The zero-order chi connectivity index (χ0) is 16.1. The van der Waals surface area contributed by atoms with Gasteiger partial charge in [0.05, 0.1) is 6.61 Å². The first-order chi connectivity index (χ1) is 11.3. The van der Waals surface area contributed by atoms with Crippen LogP contribution in [-0.4, -0.2) is 48.3 Å². The first kappa shape index (κ1) is 16.1. The van der Waals surface area contributed by atoms with Crippen LogP contribution < -0.4 is 10.2 Å². The number of hydrogen-bond donors (Lipinski definition) is 2. The summed E-state index contributed by atoms with van der Waals surface area (Å²) in [7, 11) is 0. The highest BCUT2D eigenvalue weighted by Crippen LogP contribution is 2.27. The standard InChI is InChI=1S/C18H27N3O2/c22-13-12-21(16-8-9-16)18(23)19-14-15-6-2-3-7-17(15)20-10-4-1-5-11-20/h2-3,6-7,16,22H,1,4-5,8-14H2,(H,19,23). The molecule has 1 saturated carbocycles. The van der Waals surface area contributed by atoms with E-state index in [0.29, 0.717) is 19.1 Å². The van der Waals surface area contributed by atoms with Crippen LogP contribution >= 0.6 is 0 Å². The molecule has 0 spiro atoms. The summed E-state index contributed by atoms with van der Waals surface area (Å²) in [6.07, 6.45) is 5.90. The number of aliphatic hydroxyl groups is 1. The van der Waals surface area contributed by atoms with Crippen molar-refractivity contribution in [1.82, 2.24) is 10.2 Å². The van der Waals surface area contributed by atoms with Crippen molar-refractivity contribution in [1.29, 1.82) is 0 Å². The lowest BCUT2D eigenvalue weighted by atomic mass is 10.1. The quantitative estimate of drug-likeness (QED) is 0.847. The lowest BCUT2D eigenvalue weighted by Gasteiger charge is -2.31. The average molecular weight is 317 g/mol. The summed E-state index contributed by atoms with van der Waals surface area (Å²) in [6, 6.07) is 8.60. The molecule has 2 fully saturated rings. The molecule has 0 bridgehead atoms. The number of rotatable bonds is 6. The van der Waals surface area contributed by atoms with Crippen molar-refractivity contribution in [3.05, 3.63) is 29.8 Å². The Hall–Kier alpha value is -1.75. The fourth-order valence-corrected chi connectivity index (χ4v) is 3.32. The van der Waals surface area contributed by atoms with E-state index >= 15 is 0 Å². The third-order valence-electron chi connectivity index (χ3n) is 4.71. The number of benzene rings is 1. The minimum absolute atomic E-state index is 0.0221. The number of anilines is 1. The number of piperidine rings is 1. The third-order valence-corrected chi connectivity index (χ3v) is 4.71. The second kappa shape index (κ2) is 7.68. The van der Waals surface area contributed by atoms with Crippen molar-refractivity contribution in [2.24, 2.45) is 0 Å². The highest BCUT2D eigenvalue weighted by atomic mass is 16.3.